The smallest absolute Gasteiger partial charge is 0.305 e. The standard InChI is InChI=1S/C14H15N5O3S3/c1-9-13(24-14(20)17-9)25(21,22)19-5-3-18(4-6-19)11-10-2-7-23-12(10)16-8-15-11/h2,7-8H,3-6H2,1H3,(H,17,20). The number of anilines is 1. The van der Waals surface area contributed by atoms with Gasteiger partial charge in [0.25, 0.3) is 10.0 Å². The molecule has 25 heavy (non-hydrogen) atoms. The number of hydrogen-bond acceptors (Lipinski definition) is 8. The molecule has 4 heterocycles. The van der Waals surface area contributed by atoms with E-state index in [-0.39, 0.29) is 9.08 Å². The Morgan fingerprint density at radius 2 is 1.96 bits per heavy atom. The Hall–Kier alpha value is -1.82. The number of thiazole rings is 1. The van der Waals surface area contributed by atoms with E-state index in [9.17, 15) is 13.2 Å². The summed E-state index contributed by atoms with van der Waals surface area (Å²) in [5.41, 5.74) is 0.396. The first-order valence-electron chi connectivity index (χ1n) is 7.60. The molecule has 0 spiro atoms. The highest BCUT2D eigenvalue weighted by molar-refractivity contribution is 7.91. The van der Waals surface area contributed by atoms with Crippen LogP contribution in [0.4, 0.5) is 5.82 Å². The van der Waals surface area contributed by atoms with E-state index in [4.69, 9.17) is 0 Å². The van der Waals surface area contributed by atoms with Crippen molar-refractivity contribution in [1.82, 2.24) is 19.3 Å². The highest BCUT2D eigenvalue weighted by Crippen LogP contribution is 2.28. The zero-order chi connectivity index (χ0) is 17.6. The predicted octanol–water partition coefficient (Wildman–Crippen LogP) is 1.26. The molecule has 1 aliphatic rings. The Morgan fingerprint density at radius 3 is 2.64 bits per heavy atom. The number of hydrogen-bond donors (Lipinski definition) is 1. The molecule has 1 fully saturated rings. The molecular formula is C14H15N5O3S3. The molecule has 4 rings (SSSR count). The molecule has 1 aliphatic heterocycles. The maximum atomic E-state index is 12.8. The largest absolute Gasteiger partial charge is 0.353 e. The van der Waals surface area contributed by atoms with Crippen molar-refractivity contribution in [1.29, 1.82) is 0 Å². The number of H-pyrrole nitrogens is 1. The quantitative estimate of drug-likeness (QED) is 0.714. The second kappa shape index (κ2) is 6.16. The zero-order valence-corrected chi connectivity index (χ0v) is 15.7. The van der Waals surface area contributed by atoms with Crippen molar-refractivity contribution in [3.8, 4) is 0 Å². The van der Waals surface area contributed by atoms with Crippen LogP contribution in [-0.2, 0) is 10.0 Å². The van der Waals surface area contributed by atoms with Crippen molar-refractivity contribution in [3.63, 3.8) is 0 Å². The molecule has 1 saturated heterocycles. The van der Waals surface area contributed by atoms with E-state index in [1.165, 1.54) is 10.6 Å². The number of sulfonamides is 1. The van der Waals surface area contributed by atoms with E-state index >= 15 is 0 Å². The molecular weight excluding hydrogens is 382 g/mol. The maximum Gasteiger partial charge on any atom is 0.305 e. The van der Waals surface area contributed by atoms with Crippen molar-refractivity contribution in [3.05, 3.63) is 33.1 Å². The summed E-state index contributed by atoms with van der Waals surface area (Å²) in [6.07, 6.45) is 1.54. The first kappa shape index (κ1) is 16.6. The van der Waals surface area contributed by atoms with Gasteiger partial charge >= 0.3 is 4.87 Å². The molecule has 8 nitrogen and oxygen atoms in total. The van der Waals surface area contributed by atoms with Gasteiger partial charge in [-0.15, -0.1) is 11.3 Å². The van der Waals surface area contributed by atoms with Crippen LogP contribution in [0.2, 0.25) is 0 Å². The minimum atomic E-state index is -3.65. The summed E-state index contributed by atoms with van der Waals surface area (Å²) in [7, 11) is -3.65. The maximum absolute atomic E-state index is 12.8. The summed E-state index contributed by atoms with van der Waals surface area (Å²) in [5, 5.41) is 2.96. The Labute approximate surface area is 151 Å². The summed E-state index contributed by atoms with van der Waals surface area (Å²) in [6, 6.07) is 1.99. The lowest BCUT2D eigenvalue weighted by Gasteiger charge is -2.34. The number of nitrogens with one attached hydrogen (secondary N) is 1. The van der Waals surface area contributed by atoms with Crippen LogP contribution >= 0.6 is 22.7 Å². The average Bonchev–Trinajstić information content (AvgIpc) is 3.21. The second-order valence-corrected chi connectivity index (χ2v) is 9.67. The van der Waals surface area contributed by atoms with E-state index in [1.54, 1.807) is 18.3 Å². The highest BCUT2D eigenvalue weighted by Gasteiger charge is 2.32. The number of aryl methyl sites for hydroxylation is 1. The summed E-state index contributed by atoms with van der Waals surface area (Å²) in [4.78, 5) is 25.2. The lowest BCUT2D eigenvalue weighted by molar-refractivity contribution is 0.385. The summed E-state index contributed by atoms with van der Waals surface area (Å²) in [5.74, 6) is 0.839. The zero-order valence-electron chi connectivity index (χ0n) is 13.3. The number of rotatable bonds is 3. The third-order valence-electron chi connectivity index (χ3n) is 4.13. The molecule has 0 amide bonds. The first-order chi connectivity index (χ1) is 12.0. The van der Waals surface area contributed by atoms with Crippen molar-refractivity contribution < 1.29 is 8.42 Å². The van der Waals surface area contributed by atoms with E-state index in [1.807, 2.05) is 11.4 Å². The van der Waals surface area contributed by atoms with Gasteiger partial charge in [0.2, 0.25) is 0 Å². The second-order valence-electron chi connectivity index (χ2n) is 5.65. The lowest BCUT2D eigenvalue weighted by Crippen LogP contribution is -2.48. The molecule has 0 atom stereocenters. The normalized spacial score (nSPS) is 16.6. The Bertz CT molecular complexity index is 1080. The van der Waals surface area contributed by atoms with Crippen molar-refractivity contribution in [2.75, 3.05) is 31.1 Å². The number of thiophene rings is 1. The Kier molecular flexibility index (Phi) is 4.10. The van der Waals surface area contributed by atoms with Gasteiger partial charge in [-0.05, 0) is 18.4 Å². The molecule has 3 aromatic rings. The van der Waals surface area contributed by atoms with E-state index in [0.717, 1.165) is 27.4 Å². The van der Waals surface area contributed by atoms with Gasteiger partial charge in [0.05, 0.1) is 5.39 Å². The Morgan fingerprint density at radius 1 is 1.20 bits per heavy atom. The molecule has 11 heteroatoms. The summed E-state index contributed by atoms with van der Waals surface area (Å²) < 4.78 is 27.1. The number of aromatic amines is 1. The van der Waals surface area contributed by atoms with E-state index in [0.29, 0.717) is 31.9 Å². The van der Waals surface area contributed by atoms with Crippen LogP contribution < -0.4 is 9.77 Å². The molecule has 0 aromatic carbocycles. The van der Waals surface area contributed by atoms with E-state index in [2.05, 4.69) is 19.9 Å². The molecule has 0 bridgehead atoms. The molecule has 0 unspecified atom stereocenters. The van der Waals surface area contributed by atoms with Gasteiger partial charge in [-0.3, -0.25) is 4.79 Å². The van der Waals surface area contributed by atoms with Gasteiger partial charge < -0.3 is 9.88 Å². The van der Waals surface area contributed by atoms with Crippen LogP contribution in [0.5, 0.6) is 0 Å². The predicted molar refractivity (Wildman–Crippen MR) is 98.1 cm³/mol. The number of piperazine rings is 1. The molecule has 3 aromatic heterocycles. The van der Waals surface area contributed by atoms with Gasteiger partial charge in [0.15, 0.2) is 4.21 Å². The summed E-state index contributed by atoms with van der Waals surface area (Å²) >= 11 is 2.30. The van der Waals surface area contributed by atoms with Crippen molar-refractivity contribution in [2.24, 2.45) is 0 Å². The van der Waals surface area contributed by atoms with Crippen LogP contribution in [0, 0.1) is 6.92 Å². The number of fused-ring (bicyclic) bond motifs is 1. The Balaban J connectivity index is 1.56. The SMILES string of the molecule is Cc1[nH]c(=O)sc1S(=O)(=O)N1CCN(c2ncnc3sccc23)CC1. The van der Waals surface area contributed by atoms with Gasteiger partial charge in [-0.25, -0.2) is 18.4 Å². The number of nitrogens with zero attached hydrogens (tertiary/aromatic N) is 4. The van der Waals surface area contributed by atoms with Crippen molar-refractivity contribution >= 4 is 48.7 Å². The fourth-order valence-electron chi connectivity index (χ4n) is 2.92. The fourth-order valence-corrected chi connectivity index (χ4v) is 6.51. The fraction of sp³-hybridized carbons (Fsp3) is 0.357. The van der Waals surface area contributed by atoms with Crippen molar-refractivity contribution in [2.45, 2.75) is 11.1 Å². The van der Waals surface area contributed by atoms with Crippen LogP contribution in [0.15, 0.2) is 26.8 Å². The number of aromatic nitrogens is 3. The molecule has 1 N–H and O–H groups in total. The summed E-state index contributed by atoms with van der Waals surface area (Å²) in [6.45, 7) is 3.39. The average molecular weight is 398 g/mol. The molecule has 0 radical (unpaired) electrons. The molecule has 0 saturated carbocycles. The van der Waals surface area contributed by atoms with Crippen LogP contribution in [-0.4, -0.2) is 53.9 Å². The van der Waals surface area contributed by atoms with Crippen LogP contribution in [0.25, 0.3) is 10.2 Å². The minimum Gasteiger partial charge on any atom is -0.353 e. The van der Waals surface area contributed by atoms with E-state index < -0.39 is 10.0 Å². The monoisotopic (exact) mass is 397 g/mol. The molecule has 132 valence electrons. The molecule has 0 aliphatic carbocycles. The van der Waals surface area contributed by atoms with Gasteiger partial charge in [0, 0.05) is 31.9 Å². The third kappa shape index (κ3) is 2.86. The lowest BCUT2D eigenvalue weighted by atomic mass is 10.3. The van der Waals surface area contributed by atoms with Crippen LogP contribution in [0.3, 0.4) is 0 Å². The van der Waals surface area contributed by atoms with Gasteiger partial charge in [-0.1, -0.05) is 11.3 Å². The third-order valence-corrected chi connectivity index (χ3v) is 8.44. The first-order valence-corrected chi connectivity index (χ1v) is 10.7. The minimum absolute atomic E-state index is 0.105. The van der Waals surface area contributed by atoms with Gasteiger partial charge in [0.1, 0.15) is 17.0 Å². The topological polar surface area (TPSA) is 99.3 Å². The van der Waals surface area contributed by atoms with Gasteiger partial charge in [-0.2, -0.15) is 4.31 Å². The van der Waals surface area contributed by atoms with Crippen LogP contribution in [0.1, 0.15) is 5.69 Å². The highest BCUT2D eigenvalue weighted by atomic mass is 32.2.